The summed E-state index contributed by atoms with van der Waals surface area (Å²) in [7, 11) is 0. The van der Waals surface area contributed by atoms with Crippen LogP contribution in [0.15, 0.2) is 24.3 Å². The Morgan fingerprint density at radius 2 is 1.62 bits per heavy atom. The summed E-state index contributed by atoms with van der Waals surface area (Å²) >= 11 is 3.63. The lowest BCUT2D eigenvalue weighted by Gasteiger charge is -2.23. The molecule has 1 atom stereocenters. The normalized spacial score (nSPS) is 17.1. The molecule has 0 heterocycles. The van der Waals surface area contributed by atoms with Crippen LogP contribution in [-0.2, 0) is 4.74 Å². The predicted molar refractivity (Wildman–Crippen MR) is 108 cm³/mol. The molecule has 1 aromatic rings. The molecule has 1 aliphatic carbocycles. The van der Waals surface area contributed by atoms with Crippen molar-refractivity contribution in [1.29, 1.82) is 0 Å². The number of rotatable bonds is 11. The van der Waals surface area contributed by atoms with Crippen molar-refractivity contribution in [1.82, 2.24) is 0 Å². The van der Waals surface area contributed by atoms with Crippen molar-refractivity contribution in [2.24, 2.45) is 0 Å². The smallest absolute Gasteiger partial charge is 0.0921 e. The van der Waals surface area contributed by atoms with Crippen molar-refractivity contribution in [3.05, 3.63) is 35.4 Å². The van der Waals surface area contributed by atoms with Crippen LogP contribution in [0.4, 0.5) is 0 Å². The van der Waals surface area contributed by atoms with Gasteiger partial charge in [0.15, 0.2) is 0 Å². The Morgan fingerprint density at radius 1 is 0.958 bits per heavy atom. The van der Waals surface area contributed by atoms with E-state index in [1.165, 1.54) is 81.8 Å². The number of hydrogen-bond acceptors (Lipinski definition) is 1. The molecule has 0 saturated heterocycles. The monoisotopic (exact) mass is 394 g/mol. The fourth-order valence-electron chi connectivity index (χ4n) is 3.76. The highest BCUT2D eigenvalue weighted by atomic mass is 79.9. The van der Waals surface area contributed by atoms with Crippen LogP contribution in [0.5, 0.6) is 0 Å². The van der Waals surface area contributed by atoms with E-state index in [1.54, 1.807) is 0 Å². The summed E-state index contributed by atoms with van der Waals surface area (Å²) in [6.07, 6.45) is 15.1. The summed E-state index contributed by atoms with van der Waals surface area (Å²) < 4.78 is 6.12. The van der Waals surface area contributed by atoms with Gasteiger partial charge >= 0.3 is 0 Å². The average molecular weight is 395 g/mol. The van der Waals surface area contributed by atoms with Crippen LogP contribution >= 0.6 is 15.9 Å². The second-order valence-corrected chi connectivity index (χ2v) is 7.93. The van der Waals surface area contributed by atoms with Gasteiger partial charge in [-0.25, -0.2) is 0 Å². The molecule has 0 radical (unpaired) electrons. The maximum Gasteiger partial charge on any atom is 0.0921 e. The van der Waals surface area contributed by atoms with Gasteiger partial charge in [0.05, 0.1) is 6.10 Å². The molecule has 0 bridgehead atoms. The quantitative estimate of drug-likeness (QED) is 0.278. The largest absolute Gasteiger partial charge is 0.373 e. The zero-order chi connectivity index (χ0) is 17.0. The molecule has 0 amide bonds. The van der Waals surface area contributed by atoms with Gasteiger partial charge in [-0.2, -0.15) is 0 Å². The number of alkyl halides is 1. The van der Waals surface area contributed by atoms with Crippen LogP contribution < -0.4 is 0 Å². The van der Waals surface area contributed by atoms with Crippen LogP contribution in [0, 0.1) is 0 Å². The molecular formula is C22H35BrO. The van der Waals surface area contributed by atoms with E-state index < -0.39 is 0 Å². The Balaban J connectivity index is 1.73. The van der Waals surface area contributed by atoms with E-state index in [4.69, 9.17) is 4.74 Å². The molecule has 24 heavy (non-hydrogen) atoms. The molecule has 0 N–H and O–H groups in total. The van der Waals surface area contributed by atoms with E-state index in [-0.39, 0.29) is 6.10 Å². The van der Waals surface area contributed by atoms with Crippen molar-refractivity contribution in [3.63, 3.8) is 0 Å². The molecule has 136 valence electrons. The van der Waals surface area contributed by atoms with E-state index in [0.717, 1.165) is 17.9 Å². The number of benzene rings is 1. The molecule has 2 rings (SSSR count). The first-order valence-corrected chi connectivity index (χ1v) is 11.2. The van der Waals surface area contributed by atoms with E-state index >= 15 is 0 Å². The highest BCUT2D eigenvalue weighted by Gasteiger charge is 2.16. The topological polar surface area (TPSA) is 9.23 Å². The van der Waals surface area contributed by atoms with Gasteiger partial charge in [0.1, 0.15) is 0 Å². The Hall–Kier alpha value is -0.340. The average Bonchev–Trinajstić information content (AvgIpc) is 2.65. The third kappa shape index (κ3) is 6.88. The maximum atomic E-state index is 6.12. The van der Waals surface area contributed by atoms with Crippen LogP contribution in [0.1, 0.15) is 101 Å². The van der Waals surface area contributed by atoms with E-state index in [0.29, 0.717) is 0 Å². The van der Waals surface area contributed by atoms with Crippen molar-refractivity contribution < 1.29 is 4.74 Å². The van der Waals surface area contributed by atoms with Crippen molar-refractivity contribution in [3.8, 4) is 0 Å². The fraction of sp³-hybridized carbons (Fsp3) is 0.727. The highest BCUT2D eigenvalue weighted by molar-refractivity contribution is 9.09. The fourth-order valence-corrected chi connectivity index (χ4v) is 4.32. The Bertz CT molecular complexity index is 422. The third-order valence-corrected chi connectivity index (χ3v) is 5.93. The number of halogens is 1. The zero-order valence-corrected chi connectivity index (χ0v) is 17.0. The van der Waals surface area contributed by atoms with E-state index in [9.17, 15) is 0 Å². The molecule has 1 saturated carbocycles. The van der Waals surface area contributed by atoms with Crippen molar-refractivity contribution in [2.75, 3.05) is 11.9 Å². The van der Waals surface area contributed by atoms with E-state index in [2.05, 4.69) is 47.1 Å². The molecule has 0 spiro atoms. The van der Waals surface area contributed by atoms with Crippen LogP contribution in [0.2, 0.25) is 0 Å². The van der Waals surface area contributed by atoms with Gasteiger partial charge in [0.2, 0.25) is 0 Å². The molecular weight excluding hydrogens is 360 g/mol. The molecule has 1 aromatic carbocycles. The summed E-state index contributed by atoms with van der Waals surface area (Å²) in [5.74, 6) is 0.791. The minimum atomic E-state index is 0.195. The Kier molecular flexibility index (Phi) is 10.1. The lowest BCUT2D eigenvalue weighted by atomic mass is 9.84. The van der Waals surface area contributed by atoms with Gasteiger partial charge in [-0.05, 0) is 36.3 Å². The first-order chi connectivity index (χ1) is 11.8. The van der Waals surface area contributed by atoms with E-state index in [1.807, 2.05) is 0 Å². The third-order valence-electron chi connectivity index (χ3n) is 5.34. The van der Waals surface area contributed by atoms with Crippen LogP contribution in [0.3, 0.4) is 0 Å². The lowest BCUT2D eigenvalue weighted by molar-refractivity contribution is 0.0667. The minimum Gasteiger partial charge on any atom is -0.373 e. The van der Waals surface area contributed by atoms with Crippen LogP contribution in [0.25, 0.3) is 0 Å². The van der Waals surface area contributed by atoms with Crippen LogP contribution in [-0.4, -0.2) is 11.9 Å². The number of hydrogen-bond donors (Lipinski definition) is 0. The standard InChI is InChI=1S/C22H35BrO/c1-2-3-4-5-6-10-17-24-22(18-23)21-15-13-20(14-16-21)19-11-8-7-9-12-19/h13-16,19,22H,2-12,17-18H2,1H3. The molecule has 1 fully saturated rings. The molecule has 0 aromatic heterocycles. The summed E-state index contributed by atoms with van der Waals surface area (Å²) in [4.78, 5) is 0. The van der Waals surface area contributed by atoms with Gasteiger partial charge in [0.25, 0.3) is 0 Å². The Morgan fingerprint density at radius 3 is 2.29 bits per heavy atom. The predicted octanol–water partition coefficient (Wildman–Crippen LogP) is 7.55. The number of unbranched alkanes of at least 4 members (excludes halogenated alkanes) is 5. The summed E-state index contributed by atoms with van der Waals surface area (Å²) in [6, 6.07) is 9.26. The molecule has 1 aliphatic rings. The SMILES string of the molecule is CCCCCCCCOC(CBr)c1ccc(C2CCCCC2)cc1. The first kappa shape index (κ1) is 20.0. The summed E-state index contributed by atoms with van der Waals surface area (Å²) in [5, 5.41) is 0.881. The highest BCUT2D eigenvalue weighted by Crippen LogP contribution is 2.33. The molecule has 2 heteroatoms. The van der Waals surface area contributed by atoms with Gasteiger partial charge in [-0.1, -0.05) is 98.5 Å². The molecule has 0 aliphatic heterocycles. The van der Waals surface area contributed by atoms with Gasteiger partial charge in [0, 0.05) is 11.9 Å². The summed E-state index contributed by atoms with van der Waals surface area (Å²) in [6.45, 7) is 3.15. The first-order valence-electron chi connectivity index (χ1n) is 10.1. The van der Waals surface area contributed by atoms with Gasteiger partial charge in [-0.15, -0.1) is 0 Å². The van der Waals surface area contributed by atoms with Crippen molar-refractivity contribution >= 4 is 15.9 Å². The minimum absolute atomic E-state index is 0.195. The lowest BCUT2D eigenvalue weighted by Crippen LogP contribution is -2.08. The molecule has 1 nitrogen and oxygen atoms in total. The van der Waals surface area contributed by atoms with Crippen molar-refractivity contribution in [2.45, 2.75) is 89.6 Å². The molecule has 1 unspecified atom stereocenters. The second-order valence-electron chi connectivity index (χ2n) is 7.28. The second kappa shape index (κ2) is 12.1. The van der Waals surface area contributed by atoms with Gasteiger partial charge in [-0.3, -0.25) is 0 Å². The zero-order valence-electron chi connectivity index (χ0n) is 15.4. The van der Waals surface area contributed by atoms with Gasteiger partial charge < -0.3 is 4.74 Å². The Labute approximate surface area is 157 Å². The number of ether oxygens (including phenoxy) is 1. The summed E-state index contributed by atoms with van der Waals surface area (Å²) in [5.41, 5.74) is 2.85. The maximum absolute atomic E-state index is 6.12.